The van der Waals surface area contributed by atoms with Crippen LogP contribution in [0.25, 0.3) is 11.0 Å². The summed E-state index contributed by atoms with van der Waals surface area (Å²) in [6.45, 7) is 0.289. The maximum absolute atomic E-state index is 14.4. The Bertz CT molecular complexity index is 2430. The molecule has 17 heteroatoms. The minimum absolute atomic E-state index is 0.0226. The first-order chi connectivity index (χ1) is 31.0. The molecule has 0 spiro atoms. The number of benzene rings is 4. The van der Waals surface area contributed by atoms with E-state index in [1.54, 1.807) is 64.4 Å². The highest BCUT2D eigenvalue weighted by Crippen LogP contribution is 2.34. The molecular weight excluding hydrogens is 824 g/mol. The lowest BCUT2D eigenvalue weighted by Crippen LogP contribution is -2.57. The second-order valence-electron chi connectivity index (χ2n) is 15.9. The molecule has 7 rings (SSSR count). The fourth-order valence-corrected chi connectivity index (χ4v) is 8.20. The summed E-state index contributed by atoms with van der Waals surface area (Å²) in [4.78, 5) is 84.4. The predicted octanol–water partition coefficient (Wildman–Crippen LogP) is 4.07. The van der Waals surface area contributed by atoms with Crippen molar-refractivity contribution in [1.82, 2.24) is 36.2 Å². The van der Waals surface area contributed by atoms with Gasteiger partial charge in [-0.2, -0.15) is 0 Å². The summed E-state index contributed by atoms with van der Waals surface area (Å²) in [5.41, 5.74) is 3.13. The molecule has 7 amide bonds. The summed E-state index contributed by atoms with van der Waals surface area (Å²) in [7, 11) is 1.53. The third-order valence-corrected chi connectivity index (χ3v) is 11.5. The monoisotopic (exact) mass is 874 g/mol. The summed E-state index contributed by atoms with van der Waals surface area (Å²) in [6.07, 6.45) is 2.57. The molecule has 16 nitrogen and oxygen atoms in total. The van der Waals surface area contributed by atoms with Crippen molar-refractivity contribution in [2.24, 2.45) is 0 Å². The Morgan fingerprint density at radius 3 is 2.05 bits per heavy atom. The maximum atomic E-state index is 14.4. The number of nitrogens with one attached hydrogen (secondary N) is 5. The fourth-order valence-electron chi connectivity index (χ4n) is 8.20. The van der Waals surface area contributed by atoms with Crippen LogP contribution in [0.15, 0.2) is 108 Å². The highest BCUT2D eigenvalue weighted by atomic mass is 19.1. The van der Waals surface area contributed by atoms with Crippen LogP contribution in [0.4, 0.5) is 14.9 Å². The highest BCUT2D eigenvalue weighted by molar-refractivity contribution is 5.96. The van der Waals surface area contributed by atoms with Gasteiger partial charge in [-0.05, 0) is 73.2 Å². The number of halogens is 1. The van der Waals surface area contributed by atoms with Crippen LogP contribution in [0.2, 0.25) is 0 Å². The SMILES string of the molecule is COc1ccc(NC(=O)NCC(=O)N[C@@H](Cc2ccccc2)C(=O)NCC(=O)N[C@@H](Cc2ccccc2)C(=O)N2CCC[C@H]2C(=O)N2CCC(c3noc4cc(F)ccc34)CC2)cc1. The van der Waals surface area contributed by atoms with Crippen LogP contribution in [-0.2, 0) is 36.8 Å². The van der Waals surface area contributed by atoms with Gasteiger partial charge in [-0.25, -0.2) is 9.18 Å². The predicted molar refractivity (Wildman–Crippen MR) is 234 cm³/mol. The van der Waals surface area contributed by atoms with Gasteiger partial charge in [-0.3, -0.25) is 24.0 Å². The number of likely N-dealkylation sites (tertiary alicyclic amines) is 2. The number of anilines is 1. The van der Waals surface area contributed by atoms with Crippen LogP contribution in [0.3, 0.4) is 0 Å². The lowest BCUT2D eigenvalue weighted by Gasteiger charge is -2.36. The molecule has 2 saturated heterocycles. The number of methoxy groups -OCH3 is 1. The van der Waals surface area contributed by atoms with Gasteiger partial charge in [0.15, 0.2) is 5.58 Å². The molecule has 0 unspecified atom stereocenters. The first-order valence-corrected chi connectivity index (χ1v) is 21.3. The Labute approximate surface area is 369 Å². The van der Waals surface area contributed by atoms with Crippen LogP contribution < -0.4 is 31.3 Å². The van der Waals surface area contributed by atoms with Crippen molar-refractivity contribution in [3.8, 4) is 5.75 Å². The Hall–Kier alpha value is -7.30. The zero-order chi connectivity index (χ0) is 45.0. The van der Waals surface area contributed by atoms with Crippen LogP contribution >= 0.6 is 0 Å². The molecule has 4 aromatic carbocycles. The third kappa shape index (κ3) is 11.6. The van der Waals surface area contributed by atoms with Gasteiger partial charge in [0.1, 0.15) is 29.7 Å². The molecule has 2 aliphatic heterocycles. The molecule has 0 bridgehead atoms. The van der Waals surface area contributed by atoms with E-state index in [4.69, 9.17) is 9.26 Å². The number of urea groups is 1. The van der Waals surface area contributed by atoms with Gasteiger partial charge >= 0.3 is 6.03 Å². The van der Waals surface area contributed by atoms with Crippen LogP contribution in [0.1, 0.15) is 48.4 Å². The smallest absolute Gasteiger partial charge is 0.319 e. The normalized spacial score (nSPS) is 16.1. The lowest BCUT2D eigenvalue weighted by atomic mass is 9.91. The molecule has 2 aliphatic rings. The first-order valence-electron chi connectivity index (χ1n) is 21.3. The molecule has 5 N–H and O–H groups in total. The number of carbonyl (C=O) groups excluding carboxylic acids is 6. The van der Waals surface area contributed by atoms with Crippen LogP contribution in [0, 0.1) is 5.82 Å². The number of carbonyl (C=O) groups is 6. The maximum Gasteiger partial charge on any atom is 0.319 e. The first kappa shape index (κ1) is 44.7. The van der Waals surface area contributed by atoms with E-state index < -0.39 is 66.7 Å². The fraction of sp³-hybridized carbons (Fsp3) is 0.340. The van der Waals surface area contributed by atoms with Crippen molar-refractivity contribution in [2.45, 2.75) is 62.6 Å². The summed E-state index contributed by atoms with van der Waals surface area (Å²) in [5.74, 6) is -2.28. The number of nitrogens with zero attached hydrogens (tertiary/aromatic N) is 3. The Morgan fingerprint density at radius 1 is 0.766 bits per heavy atom. The number of ether oxygens (including phenoxy) is 1. The topological polar surface area (TPSA) is 204 Å². The number of hydrogen-bond donors (Lipinski definition) is 5. The van der Waals surface area contributed by atoms with Gasteiger partial charge in [0.25, 0.3) is 0 Å². The van der Waals surface area contributed by atoms with Gasteiger partial charge in [-0.15, -0.1) is 0 Å². The van der Waals surface area contributed by atoms with E-state index in [1.807, 2.05) is 36.4 Å². The minimum Gasteiger partial charge on any atom is -0.497 e. The number of rotatable bonds is 16. The van der Waals surface area contributed by atoms with Crippen molar-refractivity contribution in [3.05, 3.63) is 126 Å². The lowest BCUT2D eigenvalue weighted by molar-refractivity contribution is -0.146. The largest absolute Gasteiger partial charge is 0.497 e. The van der Waals surface area contributed by atoms with Crippen LogP contribution in [0.5, 0.6) is 5.75 Å². The molecule has 3 atom stereocenters. The van der Waals surface area contributed by atoms with Crippen molar-refractivity contribution >= 4 is 52.2 Å². The summed E-state index contributed by atoms with van der Waals surface area (Å²) < 4.78 is 24.3. The van der Waals surface area contributed by atoms with Crippen LogP contribution in [-0.4, -0.2) is 108 Å². The second-order valence-corrected chi connectivity index (χ2v) is 15.9. The zero-order valence-corrected chi connectivity index (χ0v) is 35.4. The number of amides is 7. The summed E-state index contributed by atoms with van der Waals surface area (Å²) >= 11 is 0. The third-order valence-electron chi connectivity index (χ3n) is 11.5. The van der Waals surface area contributed by atoms with Gasteiger partial charge in [0.05, 0.1) is 25.9 Å². The van der Waals surface area contributed by atoms with E-state index in [0.29, 0.717) is 62.3 Å². The molecule has 0 radical (unpaired) electrons. The van der Waals surface area contributed by atoms with E-state index in [1.165, 1.54) is 19.2 Å². The standard InChI is InChI=1S/C47H51FN8O8/c1-63-35-17-15-34(16-18-35)51-47(62)50-29-42(58)52-37(25-30-9-4-2-5-10-30)44(59)49-28-41(57)53-38(26-31-11-6-3-7-12-31)45(60)56-22-8-13-39(56)46(61)55-23-20-32(21-24-55)43-36-19-14-33(48)27-40(36)64-54-43/h2-7,9-12,14-19,27,32,37-39H,8,13,20-26,28-29H2,1H3,(H,49,59)(H,52,58)(H,53,57)(H2,50,51,62)/t37-,38-,39-/m0/s1. The average molecular weight is 875 g/mol. The number of hydrogen-bond acceptors (Lipinski definition) is 9. The second kappa shape index (κ2) is 21.2. The van der Waals surface area contributed by atoms with Gasteiger partial charge < -0.3 is 45.6 Å². The Morgan fingerprint density at radius 2 is 1.39 bits per heavy atom. The zero-order valence-electron chi connectivity index (χ0n) is 35.4. The molecule has 1 aromatic heterocycles. The highest BCUT2D eigenvalue weighted by Gasteiger charge is 2.40. The number of aromatic nitrogens is 1. The molecule has 64 heavy (non-hydrogen) atoms. The average Bonchev–Trinajstić information content (AvgIpc) is 3.98. The quantitative estimate of drug-likeness (QED) is 0.0969. The Kier molecular flexibility index (Phi) is 14.8. The van der Waals surface area contributed by atoms with Gasteiger partial charge in [-0.1, -0.05) is 65.8 Å². The van der Waals surface area contributed by atoms with Crippen molar-refractivity contribution in [2.75, 3.05) is 45.2 Å². The van der Waals surface area contributed by atoms with Crippen molar-refractivity contribution in [1.29, 1.82) is 0 Å². The molecule has 3 heterocycles. The Balaban J connectivity index is 0.953. The summed E-state index contributed by atoms with van der Waals surface area (Å²) in [6, 6.07) is 25.6. The van der Waals surface area contributed by atoms with Gasteiger partial charge in [0, 0.05) is 55.5 Å². The number of fused-ring (bicyclic) bond motifs is 1. The van der Waals surface area contributed by atoms with Gasteiger partial charge in [0.2, 0.25) is 29.5 Å². The van der Waals surface area contributed by atoms with E-state index in [-0.39, 0.29) is 24.7 Å². The van der Waals surface area contributed by atoms with Crippen molar-refractivity contribution < 1.29 is 42.4 Å². The van der Waals surface area contributed by atoms with E-state index in [0.717, 1.165) is 22.2 Å². The van der Waals surface area contributed by atoms with E-state index >= 15 is 0 Å². The van der Waals surface area contributed by atoms with E-state index in [9.17, 15) is 33.2 Å². The number of piperidine rings is 1. The molecule has 334 valence electrons. The molecule has 0 saturated carbocycles. The van der Waals surface area contributed by atoms with Crippen molar-refractivity contribution in [3.63, 3.8) is 0 Å². The molecule has 5 aromatic rings. The van der Waals surface area contributed by atoms with E-state index in [2.05, 4.69) is 31.7 Å². The summed E-state index contributed by atoms with van der Waals surface area (Å²) in [5, 5.41) is 18.1. The molecule has 0 aliphatic carbocycles. The molecular formula is C47H51FN8O8. The minimum atomic E-state index is -1.11. The molecule has 2 fully saturated rings.